The van der Waals surface area contributed by atoms with Crippen LogP contribution in [-0.2, 0) is 0 Å². The van der Waals surface area contributed by atoms with Crippen molar-refractivity contribution in [2.24, 2.45) is 0 Å². The molecule has 0 amide bonds. The third kappa shape index (κ3) is 4.03. The fraction of sp³-hybridized carbons (Fsp3) is 0.400. The fourth-order valence-corrected chi connectivity index (χ4v) is 2.70. The van der Waals surface area contributed by atoms with Crippen LogP contribution in [-0.4, -0.2) is 21.9 Å². The Morgan fingerprint density at radius 2 is 2.06 bits per heavy atom. The van der Waals surface area contributed by atoms with Crippen LogP contribution in [0.5, 0.6) is 0 Å². The zero-order valence-electron chi connectivity index (χ0n) is 9.02. The number of rotatable bonds is 5. The van der Waals surface area contributed by atoms with E-state index in [1.807, 2.05) is 6.92 Å². The summed E-state index contributed by atoms with van der Waals surface area (Å²) in [6.07, 6.45) is 0.558. The zero-order chi connectivity index (χ0) is 13.0. The molecule has 0 fully saturated rings. The highest BCUT2D eigenvalue weighted by atomic mass is 35.5. The molecule has 0 radical (unpaired) electrons. The maximum atomic E-state index is 10.9. The van der Waals surface area contributed by atoms with Gasteiger partial charge in [0.05, 0.1) is 19.9 Å². The Labute approximate surface area is 113 Å². The minimum atomic E-state index is -0.490. The van der Waals surface area contributed by atoms with Gasteiger partial charge in [-0.3, -0.25) is 10.1 Å². The van der Waals surface area contributed by atoms with Gasteiger partial charge < -0.3 is 5.11 Å². The van der Waals surface area contributed by atoms with Gasteiger partial charge in [0.25, 0.3) is 5.69 Å². The van der Waals surface area contributed by atoms with E-state index in [0.29, 0.717) is 11.3 Å². The summed E-state index contributed by atoms with van der Waals surface area (Å²) in [5.41, 5.74) is -0.0609. The SMILES string of the molecule is CC(CCO)Sc1cc(Cl)c(Cl)cc1[N+](=O)[O-]. The maximum absolute atomic E-state index is 10.9. The van der Waals surface area contributed by atoms with E-state index in [4.69, 9.17) is 28.3 Å². The molecule has 1 N–H and O–H groups in total. The molecule has 0 saturated carbocycles. The Kier molecular flexibility index (Phi) is 5.52. The van der Waals surface area contributed by atoms with Crippen molar-refractivity contribution >= 4 is 40.7 Å². The van der Waals surface area contributed by atoms with Gasteiger partial charge in [-0.2, -0.15) is 0 Å². The molecule has 0 heterocycles. The number of benzene rings is 1. The molecule has 7 heteroatoms. The molecule has 1 atom stereocenters. The van der Waals surface area contributed by atoms with Crippen LogP contribution in [0.4, 0.5) is 5.69 Å². The summed E-state index contributed by atoms with van der Waals surface area (Å²) in [6.45, 7) is 1.93. The van der Waals surface area contributed by atoms with Crippen molar-refractivity contribution in [1.82, 2.24) is 0 Å². The molecular formula is C10H11Cl2NO3S. The number of halogens is 2. The van der Waals surface area contributed by atoms with Crippen LogP contribution in [0.25, 0.3) is 0 Å². The first-order chi connectivity index (χ1) is 7.95. The average molecular weight is 296 g/mol. The topological polar surface area (TPSA) is 63.4 Å². The van der Waals surface area contributed by atoms with E-state index < -0.39 is 4.92 Å². The van der Waals surface area contributed by atoms with Crippen molar-refractivity contribution in [2.75, 3.05) is 6.61 Å². The normalized spacial score (nSPS) is 12.5. The summed E-state index contributed by atoms with van der Waals surface area (Å²) in [5.74, 6) is 0. The first-order valence-electron chi connectivity index (χ1n) is 4.86. The van der Waals surface area contributed by atoms with Gasteiger partial charge in [0.15, 0.2) is 0 Å². The molecule has 0 aliphatic rings. The minimum absolute atomic E-state index is 0.0449. The quantitative estimate of drug-likeness (QED) is 0.510. The number of nitrogens with zero attached hydrogens (tertiary/aromatic N) is 1. The average Bonchev–Trinajstić information content (AvgIpc) is 2.23. The van der Waals surface area contributed by atoms with Gasteiger partial charge in [-0.15, -0.1) is 11.8 Å². The van der Waals surface area contributed by atoms with Crippen molar-refractivity contribution in [3.63, 3.8) is 0 Å². The largest absolute Gasteiger partial charge is 0.396 e. The molecular weight excluding hydrogens is 285 g/mol. The third-order valence-electron chi connectivity index (χ3n) is 2.06. The number of aliphatic hydroxyl groups excluding tert-OH is 1. The molecule has 0 saturated heterocycles. The van der Waals surface area contributed by atoms with Gasteiger partial charge in [0.2, 0.25) is 0 Å². The van der Waals surface area contributed by atoms with E-state index in [0.717, 1.165) is 0 Å². The van der Waals surface area contributed by atoms with E-state index >= 15 is 0 Å². The summed E-state index contributed by atoms with van der Waals surface area (Å²) in [4.78, 5) is 10.8. The van der Waals surface area contributed by atoms with Crippen LogP contribution in [0.1, 0.15) is 13.3 Å². The van der Waals surface area contributed by atoms with Crippen molar-refractivity contribution in [1.29, 1.82) is 0 Å². The zero-order valence-corrected chi connectivity index (χ0v) is 11.3. The van der Waals surface area contributed by atoms with Crippen LogP contribution in [0.15, 0.2) is 17.0 Å². The van der Waals surface area contributed by atoms with Gasteiger partial charge in [0.1, 0.15) is 0 Å². The Balaban J connectivity index is 3.04. The lowest BCUT2D eigenvalue weighted by Crippen LogP contribution is -2.00. The van der Waals surface area contributed by atoms with Crippen LogP contribution >= 0.6 is 35.0 Å². The second kappa shape index (κ2) is 6.44. The molecule has 0 aliphatic heterocycles. The molecule has 4 nitrogen and oxygen atoms in total. The number of nitro groups is 1. The summed E-state index contributed by atoms with van der Waals surface area (Å²) in [5, 5.41) is 20.2. The van der Waals surface area contributed by atoms with Gasteiger partial charge >= 0.3 is 0 Å². The number of thioether (sulfide) groups is 1. The lowest BCUT2D eigenvalue weighted by Gasteiger charge is -2.10. The smallest absolute Gasteiger partial charge is 0.284 e. The number of aliphatic hydroxyl groups is 1. The monoisotopic (exact) mass is 295 g/mol. The molecule has 17 heavy (non-hydrogen) atoms. The highest BCUT2D eigenvalue weighted by Crippen LogP contribution is 2.38. The van der Waals surface area contributed by atoms with E-state index in [1.54, 1.807) is 0 Å². The maximum Gasteiger partial charge on any atom is 0.284 e. The molecule has 1 unspecified atom stereocenters. The summed E-state index contributed by atoms with van der Waals surface area (Å²) in [6, 6.07) is 2.73. The number of nitro benzene ring substituents is 1. The molecule has 94 valence electrons. The molecule has 1 aromatic rings. The summed E-state index contributed by atoms with van der Waals surface area (Å²) in [7, 11) is 0. The standard InChI is InChI=1S/C10H11Cl2NO3S/c1-6(2-3-14)17-10-5-8(12)7(11)4-9(10)13(15)16/h4-6,14H,2-3H2,1H3. The summed E-state index contributed by atoms with van der Waals surface area (Å²) < 4.78 is 0. The van der Waals surface area contributed by atoms with Crippen LogP contribution in [0, 0.1) is 10.1 Å². The Morgan fingerprint density at radius 1 is 1.47 bits per heavy atom. The van der Waals surface area contributed by atoms with Gasteiger partial charge in [-0.25, -0.2) is 0 Å². The second-order valence-electron chi connectivity index (χ2n) is 3.43. The molecule has 0 bridgehead atoms. The second-order valence-corrected chi connectivity index (χ2v) is 5.73. The third-order valence-corrected chi connectivity index (χ3v) is 4.00. The van der Waals surface area contributed by atoms with Crippen LogP contribution in [0.2, 0.25) is 10.0 Å². The molecule has 0 aromatic heterocycles. The molecule has 0 spiro atoms. The van der Waals surface area contributed by atoms with Crippen molar-refractivity contribution < 1.29 is 10.0 Å². The van der Waals surface area contributed by atoms with Crippen LogP contribution < -0.4 is 0 Å². The van der Waals surface area contributed by atoms with E-state index in [-0.39, 0.29) is 27.6 Å². The first kappa shape index (κ1) is 14.6. The van der Waals surface area contributed by atoms with Crippen LogP contribution in [0.3, 0.4) is 0 Å². The van der Waals surface area contributed by atoms with Gasteiger partial charge in [-0.1, -0.05) is 30.1 Å². The Hall–Kier alpha value is -0.490. The molecule has 0 aliphatic carbocycles. The number of hydrogen-bond acceptors (Lipinski definition) is 4. The Bertz CT molecular complexity index is 428. The molecule has 1 aromatic carbocycles. The van der Waals surface area contributed by atoms with Gasteiger partial charge in [-0.05, 0) is 12.5 Å². The fourth-order valence-electron chi connectivity index (χ4n) is 1.21. The lowest BCUT2D eigenvalue weighted by molar-refractivity contribution is -0.387. The highest BCUT2D eigenvalue weighted by molar-refractivity contribution is 8.00. The Morgan fingerprint density at radius 3 is 2.59 bits per heavy atom. The number of hydrogen-bond donors (Lipinski definition) is 1. The van der Waals surface area contributed by atoms with Crippen molar-refractivity contribution in [2.45, 2.75) is 23.5 Å². The van der Waals surface area contributed by atoms with E-state index in [2.05, 4.69) is 0 Å². The van der Waals surface area contributed by atoms with E-state index in [9.17, 15) is 10.1 Å². The first-order valence-corrected chi connectivity index (χ1v) is 6.50. The highest BCUT2D eigenvalue weighted by Gasteiger charge is 2.19. The van der Waals surface area contributed by atoms with Crippen molar-refractivity contribution in [3.05, 3.63) is 32.3 Å². The minimum Gasteiger partial charge on any atom is -0.396 e. The van der Waals surface area contributed by atoms with E-state index in [1.165, 1.54) is 23.9 Å². The van der Waals surface area contributed by atoms with Gasteiger partial charge in [0, 0.05) is 17.9 Å². The predicted octanol–water partition coefficient (Wildman–Crippen LogP) is 3.76. The van der Waals surface area contributed by atoms with Crippen molar-refractivity contribution in [3.8, 4) is 0 Å². The molecule has 1 rings (SSSR count). The predicted molar refractivity (Wildman–Crippen MR) is 70.1 cm³/mol. The summed E-state index contributed by atoms with van der Waals surface area (Å²) >= 11 is 12.9. The lowest BCUT2D eigenvalue weighted by atomic mass is 10.3.